The number of unbranched alkanes of at least 4 members (excludes halogenated alkanes) is 1. The number of Topliss-reactive ketones (excluding diaryl/α,β-unsaturated/α-hetero) is 1. The van der Waals surface area contributed by atoms with E-state index < -0.39 is 0 Å². The van der Waals surface area contributed by atoms with E-state index in [-0.39, 0.29) is 5.78 Å². The Morgan fingerprint density at radius 3 is 2.37 bits per heavy atom. The first-order chi connectivity index (χ1) is 14.5. The van der Waals surface area contributed by atoms with E-state index >= 15 is 0 Å². The Bertz CT molecular complexity index is 849. The highest BCUT2D eigenvalue weighted by atomic mass is 16.1. The first kappa shape index (κ1) is 23.5. The molecular weight excluding hydrogens is 376 g/mol. The molecule has 6 nitrogen and oxygen atoms in total. The predicted octanol–water partition coefficient (Wildman–Crippen LogP) is 5.14. The fraction of sp³-hybridized carbons (Fsp3) is 0.500. The molecule has 0 unspecified atom stereocenters. The van der Waals surface area contributed by atoms with E-state index in [0.717, 1.165) is 60.5 Å². The lowest BCUT2D eigenvalue weighted by molar-refractivity contribution is -0.117. The lowest BCUT2D eigenvalue weighted by atomic mass is 10.1. The summed E-state index contributed by atoms with van der Waals surface area (Å²) >= 11 is 0. The molecule has 162 valence electrons. The van der Waals surface area contributed by atoms with Crippen LogP contribution in [0, 0.1) is 13.8 Å². The molecule has 1 aliphatic carbocycles. The number of carbonyl (C=O) groups excluding carboxylic acids is 2. The third-order valence-corrected chi connectivity index (χ3v) is 5.05. The summed E-state index contributed by atoms with van der Waals surface area (Å²) in [5, 5.41) is 0. The van der Waals surface area contributed by atoms with Crippen molar-refractivity contribution < 1.29 is 9.59 Å². The molecule has 0 atom stereocenters. The van der Waals surface area contributed by atoms with E-state index in [4.69, 9.17) is 0 Å². The van der Waals surface area contributed by atoms with E-state index in [1.54, 1.807) is 24.2 Å². The first-order valence-electron chi connectivity index (χ1n) is 10.9. The third kappa shape index (κ3) is 5.88. The predicted molar refractivity (Wildman–Crippen MR) is 122 cm³/mol. The molecule has 0 spiro atoms. The van der Waals surface area contributed by atoms with Crippen molar-refractivity contribution in [3.63, 3.8) is 0 Å². The molecule has 6 heteroatoms. The summed E-state index contributed by atoms with van der Waals surface area (Å²) in [6.45, 7) is 10.2. The summed E-state index contributed by atoms with van der Waals surface area (Å²) in [4.78, 5) is 36.3. The Hall–Kier alpha value is -2.76. The van der Waals surface area contributed by atoms with E-state index in [1.165, 1.54) is 0 Å². The van der Waals surface area contributed by atoms with Gasteiger partial charge in [-0.3, -0.25) is 4.79 Å². The number of ketones is 1. The Kier molecular flexibility index (Phi) is 8.96. The highest BCUT2D eigenvalue weighted by molar-refractivity contribution is 5.86. The topological polar surface area (TPSA) is 66.4 Å². The molecule has 0 aromatic carbocycles. The maximum atomic E-state index is 11.9. The summed E-state index contributed by atoms with van der Waals surface area (Å²) in [6.07, 6.45) is 8.74. The van der Waals surface area contributed by atoms with Crippen molar-refractivity contribution in [3.05, 3.63) is 41.7 Å². The van der Waals surface area contributed by atoms with Crippen LogP contribution in [0.4, 0.5) is 17.3 Å². The SMILES string of the molecule is CC.CC(=O)CCCCN(C=O)c1c(C)ccnc1N(c1ncccc1C)C1CC1. The number of aryl methyl sites for hydroxylation is 2. The number of carbonyl (C=O) groups is 2. The second kappa shape index (κ2) is 11.4. The summed E-state index contributed by atoms with van der Waals surface area (Å²) in [5.41, 5.74) is 2.92. The molecule has 1 aliphatic rings. The maximum absolute atomic E-state index is 11.9. The molecule has 0 bridgehead atoms. The lowest BCUT2D eigenvalue weighted by Crippen LogP contribution is -2.29. The van der Waals surface area contributed by atoms with Crippen LogP contribution in [0.15, 0.2) is 30.6 Å². The zero-order valence-electron chi connectivity index (χ0n) is 18.9. The van der Waals surface area contributed by atoms with Crippen LogP contribution >= 0.6 is 0 Å². The highest BCUT2D eigenvalue weighted by Gasteiger charge is 2.35. The van der Waals surface area contributed by atoms with Crippen LogP contribution in [0.2, 0.25) is 0 Å². The summed E-state index contributed by atoms with van der Waals surface area (Å²) in [5.74, 6) is 1.86. The number of rotatable bonds is 10. The Morgan fingerprint density at radius 1 is 1.07 bits per heavy atom. The zero-order valence-corrected chi connectivity index (χ0v) is 18.9. The number of nitrogens with zero attached hydrogens (tertiary/aromatic N) is 4. The number of pyridine rings is 2. The third-order valence-electron chi connectivity index (χ3n) is 5.05. The van der Waals surface area contributed by atoms with Crippen molar-refractivity contribution in [2.24, 2.45) is 0 Å². The number of hydrogen-bond acceptors (Lipinski definition) is 5. The van der Waals surface area contributed by atoms with Gasteiger partial charge >= 0.3 is 0 Å². The fourth-order valence-electron chi connectivity index (χ4n) is 3.45. The molecule has 0 aliphatic heterocycles. The molecule has 0 N–H and O–H groups in total. The van der Waals surface area contributed by atoms with E-state index in [2.05, 4.69) is 14.9 Å². The van der Waals surface area contributed by atoms with Crippen LogP contribution in [0.3, 0.4) is 0 Å². The van der Waals surface area contributed by atoms with Gasteiger partial charge in [-0.2, -0.15) is 0 Å². The number of anilines is 3. The standard InChI is InChI=1S/C22H28N4O2.C2H6/c1-16-11-13-24-22(20(16)25(15-27)14-5-4-8-18(3)28)26(19-9-10-19)21-17(2)7-6-12-23-21;1-2/h6-7,11-13,15,19H,4-5,8-10,14H2,1-3H3;1-2H3. The second-order valence-corrected chi connectivity index (χ2v) is 7.50. The molecule has 3 rings (SSSR count). The molecule has 0 radical (unpaired) electrons. The van der Waals surface area contributed by atoms with E-state index in [9.17, 15) is 9.59 Å². The van der Waals surface area contributed by atoms with Gasteiger partial charge < -0.3 is 14.6 Å². The Labute approximate surface area is 180 Å². The number of amides is 1. The Balaban J connectivity index is 0.00000155. The minimum absolute atomic E-state index is 0.182. The van der Waals surface area contributed by atoms with Crippen molar-refractivity contribution in [1.82, 2.24) is 9.97 Å². The summed E-state index contributed by atoms with van der Waals surface area (Å²) < 4.78 is 0. The summed E-state index contributed by atoms with van der Waals surface area (Å²) in [7, 11) is 0. The quantitative estimate of drug-likeness (QED) is 0.401. The van der Waals surface area contributed by atoms with Crippen LogP contribution in [-0.4, -0.2) is 34.7 Å². The van der Waals surface area contributed by atoms with Gasteiger partial charge in [0.15, 0.2) is 5.82 Å². The van der Waals surface area contributed by atoms with Gasteiger partial charge in [-0.25, -0.2) is 9.97 Å². The normalized spacial score (nSPS) is 12.6. The molecular formula is C24H34N4O2. The molecule has 0 saturated heterocycles. The molecule has 1 fully saturated rings. The van der Waals surface area contributed by atoms with E-state index in [1.807, 2.05) is 45.9 Å². The molecule has 1 saturated carbocycles. The lowest BCUT2D eigenvalue weighted by Gasteiger charge is -2.30. The zero-order chi connectivity index (χ0) is 22.1. The number of aromatic nitrogens is 2. The highest BCUT2D eigenvalue weighted by Crippen LogP contribution is 2.42. The molecule has 2 aromatic rings. The minimum Gasteiger partial charge on any atom is -0.311 e. The van der Waals surface area contributed by atoms with Crippen molar-refractivity contribution >= 4 is 29.5 Å². The monoisotopic (exact) mass is 410 g/mol. The minimum atomic E-state index is 0.182. The van der Waals surface area contributed by atoms with Gasteiger partial charge in [-0.15, -0.1) is 0 Å². The molecule has 30 heavy (non-hydrogen) atoms. The fourth-order valence-corrected chi connectivity index (χ4v) is 3.45. The van der Waals surface area contributed by atoms with Crippen LogP contribution in [0.1, 0.15) is 64.0 Å². The van der Waals surface area contributed by atoms with E-state index in [0.29, 0.717) is 19.0 Å². The maximum Gasteiger partial charge on any atom is 0.214 e. The van der Waals surface area contributed by atoms with Gasteiger partial charge in [0.25, 0.3) is 0 Å². The smallest absolute Gasteiger partial charge is 0.214 e. The van der Waals surface area contributed by atoms with Crippen LogP contribution in [0.25, 0.3) is 0 Å². The van der Waals surface area contributed by atoms with Crippen molar-refractivity contribution in [2.45, 2.75) is 72.8 Å². The average molecular weight is 411 g/mol. The van der Waals surface area contributed by atoms with Gasteiger partial charge in [0.1, 0.15) is 11.6 Å². The van der Waals surface area contributed by atoms with Crippen molar-refractivity contribution in [2.75, 3.05) is 16.3 Å². The van der Waals surface area contributed by atoms with Gasteiger partial charge in [0, 0.05) is 31.4 Å². The average Bonchev–Trinajstić information content (AvgIpc) is 3.57. The molecule has 2 aromatic heterocycles. The van der Waals surface area contributed by atoms with Gasteiger partial charge in [-0.05, 0) is 69.7 Å². The molecule has 2 heterocycles. The van der Waals surface area contributed by atoms with Crippen molar-refractivity contribution in [3.8, 4) is 0 Å². The molecule has 1 amide bonds. The van der Waals surface area contributed by atoms with Crippen LogP contribution in [-0.2, 0) is 9.59 Å². The van der Waals surface area contributed by atoms with Gasteiger partial charge in [0.05, 0.1) is 5.69 Å². The van der Waals surface area contributed by atoms with Crippen LogP contribution in [0.5, 0.6) is 0 Å². The van der Waals surface area contributed by atoms with Crippen molar-refractivity contribution in [1.29, 1.82) is 0 Å². The Morgan fingerprint density at radius 2 is 1.77 bits per heavy atom. The first-order valence-corrected chi connectivity index (χ1v) is 10.9. The number of hydrogen-bond donors (Lipinski definition) is 0. The summed E-state index contributed by atoms with van der Waals surface area (Å²) in [6, 6.07) is 6.27. The van der Waals surface area contributed by atoms with Crippen LogP contribution < -0.4 is 9.80 Å². The van der Waals surface area contributed by atoms with Gasteiger partial charge in [-0.1, -0.05) is 19.9 Å². The second-order valence-electron chi connectivity index (χ2n) is 7.50. The largest absolute Gasteiger partial charge is 0.311 e. The van der Waals surface area contributed by atoms with Gasteiger partial charge in [0.2, 0.25) is 6.41 Å².